The van der Waals surface area contributed by atoms with Gasteiger partial charge >= 0.3 is 25.9 Å². The summed E-state index contributed by atoms with van der Waals surface area (Å²) in [6.45, 7) is 16.3. The van der Waals surface area contributed by atoms with Crippen LogP contribution in [0.3, 0.4) is 0 Å². The summed E-state index contributed by atoms with van der Waals surface area (Å²) in [6, 6.07) is -1.72. The lowest BCUT2D eigenvalue weighted by molar-refractivity contribution is -0.161. The molecule has 0 aromatic carbocycles. The second-order valence-electron chi connectivity index (χ2n) is 31.1. The van der Waals surface area contributed by atoms with Gasteiger partial charge in [-0.05, 0) is 84.0 Å². The SMILES string of the molecule is CCCCCCCCCCCCCCCCCC(=O)OC[C@H](COP(=O)(O)OCCNC(=O)OCCC(C)(C)OCC(=O)NCCCCCCNC(=O)CNC(=O)CNC(=O)[C@H](CC(C)C)NC(=O)C1O[C@@H]1C(=O)N[C@@H](CC(C)C)C(=O)N1CCC[C@H]1C)OC(=O)CCCCCCCCCCCCCCCCC. The number of hydrogen-bond donors (Lipinski definition) is 8. The van der Waals surface area contributed by atoms with Crippen molar-refractivity contribution < 1.29 is 90.1 Å². The molecule has 8 N–H and O–H groups in total. The number of alkyl carbamates (subject to hydrolysis) is 1. The number of nitrogens with zero attached hydrogens (tertiary/aromatic N) is 1. The molecular weight excluding hydrogens is 1410 g/mol. The van der Waals surface area contributed by atoms with Gasteiger partial charge in [-0.15, -0.1) is 0 Å². The van der Waals surface area contributed by atoms with Gasteiger partial charge in [-0.2, -0.15) is 0 Å². The van der Waals surface area contributed by atoms with Crippen LogP contribution < -0.4 is 37.2 Å². The highest BCUT2D eigenvalue weighted by Crippen LogP contribution is 2.43. The molecule has 2 saturated heterocycles. The quantitative estimate of drug-likeness (QED) is 0.00922. The van der Waals surface area contributed by atoms with Gasteiger partial charge < -0.3 is 70.7 Å². The lowest BCUT2D eigenvalue weighted by Crippen LogP contribution is -2.52. The zero-order valence-corrected chi connectivity index (χ0v) is 69.0. The zero-order chi connectivity index (χ0) is 79.6. The van der Waals surface area contributed by atoms with Crippen LogP contribution in [0.2, 0.25) is 0 Å². The molecule has 0 radical (unpaired) electrons. The van der Waals surface area contributed by atoms with E-state index < -0.39 is 111 Å². The number of phosphoric ester groups is 1. The first-order chi connectivity index (χ1) is 51.8. The number of esters is 2. The van der Waals surface area contributed by atoms with Gasteiger partial charge in [0.25, 0.3) is 11.8 Å². The van der Waals surface area contributed by atoms with Crippen LogP contribution in [0, 0.1) is 11.8 Å². The van der Waals surface area contributed by atoms with Gasteiger partial charge in [0.05, 0.1) is 38.5 Å². The number of carbonyl (C=O) groups is 10. The molecule has 0 aromatic heterocycles. The van der Waals surface area contributed by atoms with E-state index in [0.29, 0.717) is 51.7 Å². The number of phosphoric acid groups is 1. The number of likely N-dealkylation sites (tertiary alicyclic amines) is 1. The van der Waals surface area contributed by atoms with Crippen LogP contribution in [0.25, 0.3) is 0 Å². The topological polar surface area (TPSA) is 363 Å². The van der Waals surface area contributed by atoms with Crippen molar-refractivity contribution in [2.45, 2.75) is 368 Å². The Kier molecular flexibility index (Phi) is 55.8. The molecule has 2 aliphatic heterocycles. The minimum Gasteiger partial charge on any atom is -0.462 e. The Bertz CT molecular complexity index is 2570. The van der Waals surface area contributed by atoms with E-state index in [1.54, 1.807) is 18.7 Å². The van der Waals surface area contributed by atoms with Crippen LogP contribution in [0.1, 0.15) is 326 Å². The van der Waals surface area contributed by atoms with Gasteiger partial charge in [0.2, 0.25) is 29.5 Å². The molecule has 0 aromatic rings. The molecule has 2 heterocycles. The van der Waals surface area contributed by atoms with Crippen molar-refractivity contribution in [3.8, 4) is 0 Å². The normalized spacial score (nSPS) is 16.2. The molecular formula is C80H147N8O19P. The third-order valence-corrected chi connectivity index (χ3v) is 20.4. The molecule has 2 unspecified atom stereocenters. The van der Waals surface area contributed by atoms with E-state index in [4.69, 9.17) is 32.7 Å². The van der Waals surface area contributed by atoms with Crippen molar-refractivity contribution in [3.05, 3.63) is 0 Å². The molecule has 2 rings (SSSR count). The minimum absolute atomic E-state index is 0.0307. The van der Waals surface area contributed by atoms with Gasteiger partial charge in [0.1, 0.15) is 25.3 Å². The van der Waals surface area contributed by atoms with Crippen LogP contribution in [-0.4, -0.2) is 184 Å². The zero-order valence-electron chi connectivity index (χ0n) is 68.1. The van der Waals surface area contributed by atoms with E-state index in [2.05, 4.69) is 51.1 Å². The van der Waals surface area contributed by atoms with Gasteiger partial charge in [-0.3, -0.25) is 52.2 Å². The van der Waals surface area contributed by atoms with Crippen molar-refractivity contribution in [1.29, 1.82) is 0 Å². The Labute approximate surface area is 648 Å². The van der Waals surface area contributed by atoms with E-state index in [0.717, 1.165) is 64.2 Å². The highest BCUT2D eigenvalue weighted by molar-refractivity contribution is 7.47. The Morgan fingerprint density at radius 3 is 1.44 bits per heavy atom. The number of epoxide rings is 1. The fourth-order valence-electron chi connectivity index (χ4n) is 12.8. The first-order valence-corrected chi connectivity index (χ1v) is 43.4. The highest BCUT2D eigenvalue weighted by Gasteiger charge is 2.52. The molecule has 2 fully saturated rings. The maximum absolute atomic E-state index is 13.3. The van der Waals surface area contributed by atoms with Crippen LogP contribution in [-0.2, 0) is 80.4 Å². The molecule has 108 heavy (non-hydrogen) atoms. The molecule has 7 atom stereocenters. The monoisotopic (exact) mass is 1560 g/mol. The number of unbranched alkanes of at least 4 members (excludes halogenated alkanes) is 31. The summed E-state index contributed by atoms with van der Waals surface area (Å²) in [5, 5.41) is 18.4. The maximum Gasteiger partial charge on any atom is 0.472 e. The van der Waals surface area contributed by atoms with Gasteiger partial charge in [0.15, 0.2) is 18.3 Å². The minimum atomic E-state index is -4.72. The Hall–Kier alpha value is -5.47. The summed E-state index contributed by atoms with van der Waals surface area (Å²) in [5.41, 5.74) is -0.847. The average Bonchev–Trinajstić information content (AvgIpc) is 1.64. The fraction of sp³-hybridized carbons (Fsp3) is 0.875. The maximum atomic E-state index is 13.3. The summed E-state index contributed by atoms with van der Waals surface area (Å²) in [4.78, 5) is 141. The first-order valence-electron chi connectivity index (χ1n) is 41.9. The van der Waals surface area contributed by atoms with Crippen molar-refractivity contribution >= 4 is 67.2 Å². The van der Waals surface area contributed by atoms with E-state index >= 15 is 0 Å². The van der Waals surface area contributed by atoms with E-state index in [9.17, 15) is 57.4 Å². The average molecular weight is 1560 g/mol. The smallest absolute Gasteiger partial charge is 0.462 e. The van der Waals surface area contributed by atoms with Crippen LogP contribution in [0.15, 0.2) is 0 Å². The molecule has 0 saturated carbocycles. The molecule has 8 amide bonds. The lowest BCUT2D eigenvalue weighted by Gasteiger charge is -2.28. The third kappa shape index (κ3) is 52.7. The number of ether oxygens (including phenoxy) is 5. The largest absolute Gasteiger partial charge is 0.472 e. The van der Waals surface area contributed by atoms with E-state index in [1.807, 2.05) is 34.6 Å². The van der Waals surface area contributed by atoms with Crippen molar-refractivity contribution in [1.82, 2.24) is 42.1 Å². The molecule has 2 aliphatic rings. The molecule has 28 heteroatoms. The Morgan fingerprint density at radius 1 is 0.509 bits per heavy atom. The van der Waals surface area contributed by atoms with Gasteiger partial charge in [0, 0.05) is 51.5 Å². The number of nitrogens with one attached hydrogen (secondary N) is 7. The second kappa shape index (κ2) is 61.2. The van der Waals surface area contributed by atoms with Gasteiger partial charge in [-0.1, -0.05) is 234 Å². The van der Waals surface area contributed by atoms with E-state index in [-0.39, 0.29) is 88.3 Å². The summed E-state index contributed by atoms with van der Waals surface area (Å²) in [7, 11) is -4.72. The lowest BCUT2D eigenvalue weighted by atomic mass is 10.0. The summed E-state index contributed by atoms with van der Waals surface area (Å²) < 4.78 is 50.7. The Morgan fingerprint density at radius 2 is 0.954 bits per heavy atom. The third-order valence-electron chi connectivity index (χ3n) is 19.4. The number of carbonyl (C=O) groups excluding carboxylic acids is 10. The summed E-state index contributed by atoms with van der Waals surface area (Å²) in [5.74, 6) is -4.29. The molecule has 0 spiro atoms. The number of rotatable bonds is 69. The molecule has 626 valence electrons. The van der Waals surface area contributed by atoms with Crippen molar-refractivity contribution in [2.75, 3.05) is 72.3 Å². The molecule has 0 bridgehead atoms. The predicted octanol–water partition coefficient (Wildman–Crippen LogP) is 12.9. The fourth-order valence-corrected chi connectivity index (χ4v) is 13.5. The Balaban J connectivity index is 1.61. The number of hydrogen-bond acceptors (Lipinski definition) is 18. The second-order valence-corrected chi connectivity index (χ2v) is 32.6. The van der Waals surface area contributed by atoms with Crippen LogP contribution in [0.4, 0.5) is 4.79 Å². The van der Waals surface area contributed by atoms with Gasteiger partial charge in [-0.25, -0.2) is 9.36 Å². The summed E-state index contributed by atoms with van der Waals surface area (Å²) >= 11 is 0. The van der Waals surface area contributed by atoms with E-state index in [1.165, 1.54) is 141 Å². The highest BCUT2D eigenvalue weighted by atomic mass is 31.2. The van der Waals surface area contributed by atoms with Crippen LogP contribution in [0.5, 0.6) is 0 Å². The predicted molar refractivity (Wildman–Crippen MR) is 418 cm³/mol. The summed E-state index contributed by atoms with van der Waals surface area (Å²) in [6.07, 6.45) is 37.5. The number of amides is 8. The van der Waals surface area contributed by atoms with Crippen molar-refractivity contribution in [2.24, 2.45) is 11.8 Å². The molecule has 27 nitrogen and oxygen atoms in total. The first kappa shape index (κ1) is 98.6. The standard InChI is InChI=1S/C80H147N8O19P/c1-10-12-14-16-18-20-22-24-26-28-30-32-34-36-40-46-71(92)102-59-65(106-72(93)47-41-37-35-33-31-29-27-25-23-21-19-17-15-13-11-2)60-105-108(99,100)104-54-51-83-79(98)101-53-48-80(8,9)103-61-70(91)82-50-43-39-38-42-49-81-68(89)57-84-69(90)58-85-75(94)66(55-62(3)4)86-76(95)73-74(107-73)77(96)87-67(56-63(5)6)78(97)88-52-44-45-64(88)7/h62-67,73-74H,10-61H2,1-9H3,(H,81,89)(H,82,91)(H,83,98)(H,84,90)(H,85,94)(H,86,95)(H,87,96)(H,99,100)/t64-,65-,66+,67+,73?,74+/m1/s1. The van der Waals surface area contributed by atoms with Crippen LogP contribution >= 0.6 is 7.82 Å². The van der Waals surface area contributed by atoms with Crippen molar-refractivity contribution in [3.63, 3.8) is 0 Å². The molecule has 0 aliphatic carbocycles.